The van der Waals surface area contributed by atoms with Crippen LogP contribution < -0.4 is 15.5 Å². The number of anilines is 1. The summed E-state index contributed by atoms with van der Waals surface area (Å²) >= 11 is 0. The largest absolute Gasteiger partial charge is 0.379 e. The van der Waals surface area contributed by atoms with Gasteiger partial charge in [0.15, 0.2) is 5.96 Å². The summed E-state index contributed by atoms with van der Waals surface area (Å²) in [5.41, 5.74) is 2.52. The molecular formula is C24H31F2N5O. The fourth-order valence-corrected chi connectivity index (χ4v) is 4.30. The molecule has 172 valence electrons. The van der Waals surface area contributed by atoms with Crippen molar-refractivity contribution in [3.63, 3.8) is 0 Å². The summed E-state index contributed by atoms with van der Waals surface area (Å²) in [6, 6.07) is 12.6. The van der Waals surface area contributed by atoms with Gasteiger partial charge < -0.3 is 20.3 Å². The molecule has 4 rings (SSSR count). The van der Waals surface area contributed by atoms with Crippen molar-refractivity contribution in [3.05, 3.63) is 65.2 Å². The van der Waals surface area contributed by atoms with Gasteiger partial charge in [-0.15, -0.1) is 0 Å². The van der Waals surface area contributed by atoms with E-state index in [1.54, 1.807) is 11.9 Å². The normalized spacial score (nSPS) is 19.9. The van der Waals surface area contributed by atoms with Gasteiger partial charge in [0.2, 0.25) is 0 Å². The molecule has 2 saturated heterocycles. The molecule has 0 saturated carbocycles. The van der Waals surface area contributed by atoms with Gasteiger partial charge in [-0.1, -0.05) is 30.3 Å². The van der Waals surface area contributed by atoms with Gasteiger partial charge in [-0.25, -0.2) is 8.78 Å². The highest BCUT2D eigenvalue weighted by atomic mass is 19.1. The number of hydrogen-bond donors (Lipinski definition) is 2. The fraction of sp³-hybridized carbons (Fsp3) is 0.458. The van der Waals surface area contributed by atoms with Crippen LogP contribution in [-0.4, -0.2) is 63.3 Å². The Morgan fingerprint density at radius 2 is 1.78 bits per heavy atom. The zero-order valence-electron chi connectivity index (χ0n) is 18.5. The van der Waals surface area contributed by atoms with Gasteiger partial charge in [0, 0.05) is 52.4 Å². The first-order valence-corrected chi connectivity index (χ1v) is 11.2. The maximum absolute atomic E-state index is 14.1. The highest BCUT2D eigenvalue weighted by molar-refractivity contribution is 5.80. The molecule has 2 aliphatic heterocycles. The third-order valence-corrected chi connectivity index (χ3v) is 5.97. The zero-order valence-corrected chi connectivity index (χ0v) is 18.5. The minimum Gasteiger partial charge on any atom is -0.379 e. The summed E-state index contributed by atoms with van der Waals surface area (Å²) in [4.78, 5) is 8.48. The number of para-hydroxylation sites is 1. The molecule has 6 nitrogen and oxygen atoms in total. The topological polar surface area (TPSA) is 52.1 Å². The molecule has 0 amide bonds. The predicted octanol–water partition coefficient (Wildman–Crippen LogP) is 2.74. The van der Waals surface area contributed by atoms with Crippen LogP contribution in [0, 0.1) is 11.6 Å². The third-order valence-electron chi connectivity index (χ3n) is 5.97. The third kappa shape index (κ3) is 5.75. The molecule has 1 unspecified atom stereocenters. The van der Waals surface area contributed by atoms with Gasteiger partial charge >= 0.3 is 0 Å². The number of hydrogen-bond acceptors (Lipinski definition) is 4. The molecule has 2 N–H and O–H groups in total. The Balaban J connectivity index is 1.29. The lowest BCUT2D eigenvalue weighted by molar-refractivity contribution is 0.0342. The molecule has 0 spiro atoms. The highest BCUT2D eigenvalue weighted by Gasteiger charge is 2.27. The van der Waals surface area contributed by atoms with E-state index in [1.165, 1.54) is 29.3 Å². The molecule has 0 aromatic heterocycles. The standard InChI is InChI=1S/C24H31F2N5O/c1-27-24(29-20-8-9-31(17-20)23-21(25)6-3-7-22(23)26)28-15-18-4-2-5-19(14-18)16-30-10-12-32-13-11-30/h2-7,14,20H,8-13,15-17H2,1H3,(H2,27,28,29). The van der Waals surface area contributed by atoms with Crippen molar-refractivity contribution < 1.29 is 13.5 Å². The van der Waals surface area contributed by atoms with Crippen LogP contribution in [0.15, 0.2) is 47.5 Å². The summed E-state index contributed by atoms with van der Waals surface area (Å²) in [5.74, 6) is -0.361. The lowest BCUT2D eigenvalue weighted by Crippen LogP contribution is -2.44. The molecular weight excluding hydrogens is 412 g/mol. The van der Waals surface area contributed by atoms with Crippen molar-refractivity contribution in [1.82, 2.24) is 15.5 Å². The number of halogens is 2. The van der Waals surface area contributed by atoms with Gasteiger partial charge in [0.1, 0.15) is 17.3 Å². The second kappa shape index (κ2) is 10.7. The molecule has 2 fully saturated rings. The Hall–Kier alpha value is -2.71. The SMILES string of the molecule is CN=C(NCc1cccc(CN2CCOCC2)c1)NC1CCN(c2c(F)cccc2F)C1. The maximum Gasteiger partial charge on any atom is 0.191 e. The van der Waals surface area contributed by atoms with Crippen LogP contribution in [-0.2, 0) is 17.8 Å². The summed E-state index contributed by atoms with van der Waals surface area (Å²) in [5, 5.41) is 6.74. The Morgan fingerprint density at radius 1 is 1.06 bits per heavy atom. The van der Waals surface area contributed by atoms with E-state index < -0.39 is 11.6 Å². The van der Waals surface area contributed by atoms with Crippen LogP contribution in [0.25, 0.3) is 0 Å². The molecule has 2 aromatic carbocycles. The van der Waals surface area contributed by atoms with E-state index >= 15 is 0 Å². The lowest BCUT2D eigenvalue weighted by atomic mass is 10.1. The number of guanidine groups is 1. The first kappa shape index (κ1) is 22.5. The second-order valence-corrected chi connectivity index (χ2v) is 8.28. The summed E-state index contributed by atoms with van der Waals surface area (Å²) < 4.78 is 33.6. The second-order valence-electron chi connectivity index (χ2n) is 8.28. The smallest absolute Gasteiger partial charge is 0.191 e. The number of benzene rings is 2. The number of rotatable bonds is 6. The zero-order chi connectivity index (χ0) is 22.3. The number of ether oxygens (including phenoxy) is 1. The molecule has 2 aliphatic rings. The summed E-state index contributed by atoms with van der Waals surface area (Å²) in [6.45, 7) is 6.21. The first-order valence-electron chi connectivity index (χ1n) is 11.2. The molecule has 0 bridgehead atoms. The molecule has 2 aromatic rings. The Bertz CT molecular complexity index is 912. The van der Waals surface area contributed by atoms with Crippen molar-refractivity contribution in [2.24, 2.45) is 4.99 Å². The van der Waals surface area contributed by atoms with E-state index in [9.17, 15) is 8.78 Å². The van der Waals surface area contributed by atoms with E-state index in [2.05, 4.69) is 44.8 Å². The summed E-state index contributed by atoms with van der Waals surface area (Å²) in [6.07, 6.45) is 0.781. The van der Waals surface area contributed by atoms with E-state index in [-0.39, 0.29) is 11.7 Å². The van der Waals surface area contributed by atoms with Gasteiger partial charge in [0.25, 0.3) is 0 Å². The minimum absolute atomic E-state index is 0.0526. The predicted molar refractivity (Wildman–Crippen MR) is 123 cm³/mol. The monoisotopic (exact) mass is 443 g/mol. The van der Waals surface area contributed by atoms with Crippen LogP contribution in [0.5, 0.6) is 0 Å². The van der Waals surface area contributed by atoms with E-state index in [0.717, 1.165) is 39.3 Å². The van der Waals surface area contributed by atoms with Crippen molar-refractivity contribution >= 4 is 11.6 Å². The van der Waals surface area contributed by atoms with Gasteiger partial charge in [-0.05, 0) is 29.7 Å². The number of nitrogens with one attached hydrogen (secondary N) is 2. The average Bonchev–Trinajstić information content (AvgIpc) is 3.25. The van der Waals surface area contributed by atoms with E-state index in [1.807, 2.05) is 0 Å². The number of morpholine rings is 1. The number of aliphatic imine (C=N–C) groups is 1. The van der Waals surface area contributed by atoms with Crippen molar-refractivity contribution in [2.45, 2.75) is 25.6 Å². The number of nitrogens with zero attached hydrogens (tertiary/aromatic N) is 3. The van der Waals surface area contributed by atoms with Crippen molar-refractivity contribution in [2.75, 3.05) is 51.3 Å². The van der Waals surface area contributed by atoms with Crippen molar-refractivity contribution in [3.8, 4) is 0 Å². The minimum atomic E-state index is -0.523. The van der Waals surface area contributed by atoms with Crippen LogP contribution in [0.1, 0.15) is 17.5 Å². The molecule has 0 radical (unpaired) electrons. The maximum atomic E-state index is 14.1. The van der Waals surface area contributed by atoms with E-state index in [4.69, 9.17) is 4.74 Å². The van der Waals surface area contributed by atoms with Crippen LogP contribution in [0.4, 0.5) is 14.5 Å². The van der Waals surface area contributed by atoms with Gasteiger partial charge in [-0.2, -0.15) is 0 Å². The Kier molecular flexibility index (Phi) is 7.55. The van der Waals surface area contributed by atoms with E-state index in [0.29, 0.717) is 25.6 Å². The summed E-state index contributed by atoms with van der Waals surface area (Å²) in [7, 11) is 1.73. The Labute approximate surface area is 188 Å². The van der Waals surface area contributed by atoms with Crippen LogP contribution in [0.2, 0.25) is 0 Å². The average molecular weight is 444 g/mol. The molecule has 1 atom stereocenters. The van der Waals surface area contributed by atoms with Crippen LogP contribution >= 0.6 is 0 Å². The molecule has 8 heteroatoms. The lowest BCUT2D eigenvalue weighted by Gasteiger charge is -2.26. The molecule has 0 aliphatic carbocycles. The van der Waals surface area contributed by atoms with Gasteiger partial charge in [0.05, 0.1) is 13.2 Å². The molecule has 2 heterocycles. The van der Waals surface area contributed by atoms with Crippen LogP contribution in [0.3, 0.4) is 0 Å². The highest BCUT2D eigenvalue weighted by Crippen LogP contribution is 2.26. The Morgan fingerprint density at radius 3 is 2.53 bits per heavy atom. The van der Waals surface area contributed by atoms with Crippen molar-refractivity contribution in [1.29, 1.82) is 0 Å². The fourth-order valence-electron chi connectivity index (χ4n) is 4.30. The quantitative estimate of drug-likeness (QED) is 0.531. The molecule has 32 heavy (non-hydrogen) atoms. The first-order chi connectivity index (χ1) is 15.6. The van der Waals surface area contributed by atoms with Gasteiger partial charge in [-0.3, -0.25) is 9.89 Å².